The third-order valence-electron chi connectivity index (χ3n) is 7.70. The molecule has 1 aliphatic heterocycles. The van der Waals surface area contributed by atoms with Crippen LogP contribution in [0.1, 0.15) is 55.2 Å². The average molecular weight is 447 g/mol. The largest absolute Gasteiger partial charge is 0.390 e. The maximum atomic E-state index is 14.7. The van der Waals surface area contributed by atoms with E-state index in [1.807, 2.05) is 28.6 Å². The van der Waals surface area contributed by atoms with Gasteiger partial charge in [-0.05, 0) is 49.3 Å². The van der Waals surface area contributed by atoms with Gasteiger partial charge in [-0.15, -0.1) is 0 Å². The maximum Gasteiger partial charge on any atom is 0.129 e. The maximum absolute atomic E-state index is 14.7. The number of rotatable bonds is 4. The molecule has 0 unspecified atom stereocenters. The summed E-state index contributed by atoms with van der Waals surface area (Å²) in [5, 5.41) is 28.2. The van der Waals surface area contributed by atoms with Crippen LogP contribution in [0, 0.1) is 5.82 Å². The number of halogens is 1. The lowest BCUT2D eigenvalue weighted by molar-refractivity contribution is -0.105. The molecule has 0 bridgehead atoms. The van der Waals surface area contributed by atoms with Gasteiger partial charge >= 0.3 is 0 Å². The van der Waals surface area contributed by atoms with Gasteiger partial charge in [0, 0.05) is 36.2 Å². The number of nitrogens with zero attached hydrogens (tertiary/aromatic N) is 4. The number of aromatic nitrogens is 4. The predicted octanol–water partition coefficient (Wildman–Crippen LogP) is 4.32. The minimum Gasteiger partial charge on any atom is -0.390 e. The zero-order valence-corrected chi connectivity index (χ0v) is 18.5. The molecule has 2 aromatic carbocycles. The Morgan fingerprint density at radius 1 is 1.21 bits per heavy atom. The Kier molecular flexibility index (Phi) is 4.67. The van der Waals surface area contributed by atoms with Crippen LogP contribution < -0.4 is 0 Å². The van der Waals surface area contributed by atoms with E-state index in [9.17, 15) is 14.6 Å². The van der Waals surface area contributed by atoms with Gasteiger partial charge in [-0.25, -0.2) is 9.37 Å². The number of fused-ring (bicyclic) bond motifs is 4. The van der Waals surface area contributed by atoms with Gasteiger partial charge in [-0.2, -0.15) is 5.10 Å². The second-order valence-corrected chi connectivity index (χ2v) is 9.65. The normalized spacial score (nSPS) is 25.2. The van der Waals surface area contributed by atoms with Crippen LogP contribution in [0.15, 0.2) is 55.1 Å². The molecular weight excluding hydrogens is 419 g/mol. The van der Waals surface area contributed by atoms with E-state index in [1.165, 1.54) is 11.6 Å². The molecule has 1 saturated carbocycles. The highest BCUT2D eigenvalue weighted by Gasteiger charge is 2.43. The lowest BCUT2D eigenvalue weighted by atomic mass is 9.72. The highest BCUT2D eigenvalue weighted by atomic mass is 19.1. The summed E-state index contributed by atoms with van der Waals surface area (Å²) in [4.78, 5) is 4.22. The van der Waals surface area contributed by atoms with Crippen molar-refractivity contribution >= 4 is 10.9 Å². The lowest BCUT2D eigenvalue weighted by Gasteiger charge is -2.40. The predicted molar refractivity (Wildman–Crippen MR) is 123 cm³/mol. The minimum absolute atomic E-state index is 0.248. The van der Waals surface area contributed by atoms with Crippen LogP contribution in [0.25, 0.3) is 22.2 Å². The summed E-state index contributed by atoms with van der Waals surface area (Å²) in [5.74, 6) is 0.0443. The smallest absolute Gasteiger partial charge is 0.129 e. The van der Waals surface area contributed by atoms with E-state index >= 15 is 0 Å². The molecule has 33 heavy (non-hydrogen) atoms. The van der Waals surface area contributed by atoms with Crippen molar-refractivity contribution in [3.8, 4) is 11.3 Å². The topological polar surface area (TPSA) is 76.1 Å². The van der Waals surface area contributed by atoms with Crippen LogP contribution in [-0.4, -0.2) is 41.2 Å². The molecule has 2 atom stereocenters. The van der Waals surface area contributed by atoms with Gasteiger partial charge in [0.2, 0.25) is 0 Å². The van der Waals surface area contributed by atoms with Gasteiger partial charge in [0.15, 0.2) is 0 Å². The Balaban J connectivity index is 1.19. The van der Waals surface area contributed by atoms with Crippen molar-refractivity contribution in [3.05, 3.63) is 72.1 Å². The fourth-order valence-electron chi connectivity index (χ4n) is 5.86. The first-order chi connectivity index (χ1) is 15.9. The number of benzene rings is 2. The first-order valence-electron chi connectivity index (χ1n) is 11.6. The highest BCUT2D eigenvalue weighted by Crippen LogP contribution is 2.46. The molecule has 170 valence electrons. The molecule has 6 rings (SSSR count). The second kappa shape index (κ2) is 7.50. The zero-order valence-electron chi connectivity index (χ0n) is 18.5. The number of aliphatic hydroxyl groups is 2. The van der Waals surface area contributed by atoms with Crippen molar-refractivity contribution in [1.82, 2.24) is 19.3 Å². The molecule has 0 amide bonds. The molecule has 0 spiro atoms. The standard InChI is InChI=1S/C26H27FN4O2/c1-30-14-18-6-5-17(11-21(18)29-30)16-7-9-26(33,10-8-16)24(32)12-22-25-19(3-2-4-20(25)27)23-13-28-15-31(22)23/h2-6,11,13-16,22,24,32-33H,7-10,12H2,1H3/t16?,22-,24-,26?/m1/s1. The molecular formula is C26H27FN4O2. The number of imidazole rings is 1. The van der Waals surface area contributed by atoms with Crippen molar-refractivity contribution in [2.45, 2.75) is 55.8 Å². The Morgan fingerprint density at radius 3 is 2.85 bits per heavy atom. The summed E-state index contributed by atoms with van der Waals surface area (Å²) in [7, 11) is 1.92. The Labute approximate surface area is 191 Å². The van der Waals surface area contributed by atoms with Gasteiger partial charge in [-0.1, -0.05) is 24.3 Å². The number of aliphatic hydroxyl groups excluding tert-OH is 1. The molecule has 0 radical (unpaired) electrons. The molecule has 4 aromatic rings. The molecule has 0 saturated heterocycles. The van der Waals surface area contributed by atoms with E-state index in [0.717, 1.165) is 35.0 Å². The Morgan fingerprint density at radius 2 is 2.03 bits per heavy atom. The fourth-order valence-corrected chi connectivity index (χ4v) is 5.86. The molecule has 7 heteroatoms. The van der Waals surface area contributed by atoms with Crippen LogP contribution in [0.5, 0.6) is 0 Å². The number of hydrogen-bond donors (Lipinski definition) is 2. The second-order valence-electron chi connectivity index (χ2n) is 9.65. The molecule has 2 aromatic heterocycles. The van der Waals surface area contributed by atoms with Crippen molar-refractivity contribution < 1.29 is 14.6 Å². The van der Waals surface area contributed by atoms with E-state index in [0.29, 0.717) is 24.3 Å². The summed E-state index contributed by atoms with van der Waals surface area (Å²) >= 11 is 0. The fraction of sp³-hybridized carbons (Fsp3) is 0.385. The third-order valence-corrected chi connectivity index (χ3v) is 7.70. The summed E-state index contributed by atoms with van der Waals surface area (Å²) in [5.41, 5.74) is 3.27. The van der Waals surface area contributed by atoms with Gasteiger partial charge in [0.05, 0.1) is 41.5 Å². The monoisotopic (exact) mass is 446 g/mol. The van der Waals surface area contributed by atoms with Crippen LogP contribution in [0.4, 0.5) is 4.39 Å². The summed E-state index contributed by atoms with van der Waals surface area (Å²) in [6.45, 7) is 0. The third kappa shape index (κ3) is 3.30. The van der Waals surface area contributed by atoms with Crippen molar-refractivity contribution in [3.63, 3.8) is 0 Å². The Hall–Kier alpha value is -3.03. The van der Waals surface area contributed by atoms with Crippen molar-refractivity contribution in [2.24, 2.45) is 7.05 Å². The number of hydrogen-bond acceptors (Lipinski definition) is 4. The minimum atomic E-state index is -1.18. The Bertz CT molecular complexity index is 1340. The molecule has 1 fully saturated rings. The van der Waals surface area contributed by atoms with E-state index in [-0.39, 0.29) is 18.3 Å². The summed E-state index contributed by atoms with van der Waals surface area (Å²) in [6, 6.07) is 11.0. The first kappa shape index (κ1) is 20.6. The van der Waals surface area contributed by atoms with Crippen LogP contribution in [0.3, 0.4) is 0 Å². The molecule has 2 N–H and O–H groups in total. The van der Waals surface area contributed by atoms with Crippen LogP contribution >= 0.6 is 0 Å². The number of aryl methyl sites for hydroxylation is 1. The summed E-state index contributed by atoms with van der Waals surface area (Å²) in [6.07, 6.45) is 7.30. The molecule has 3 heterocycles. The van der Waals surface area contributed by atoms with Gasteiger partial charge in [-0.3, -0.25) is 4.68 Å². The molecule has 6 nitrogen and oxygen atoms in total. The molecule has 1 aliphatic carbocycles. The quantitative estimate of drug-likeness (QED) is 0.490. The summed E-state index contributed by atoms with van der Waals surface area (Å²) < 4.78 is 18.5. The van der Waals surface area contributed by atoms with E-state index in [1.54, 1.807) is 18.6 Å². The first-order valence-corrected chi connectivity index (χ1v) is 11.6. The zero-order chi connectivity index (χ0) is 22.7. The van der Waals surface area contributed by atoms with Gasteiger partial charge < -0.3 is 14.8 Å². The van der Waals surface area contributed by atoms with Crippen molar-refractivity contribution in [1.29, 1.82) is 0 Å². The van der Waals surface area contributed by atoms with Gasteiger partial charge in [0.1, 0.15) is 5.82 Å². The SMILES string of the molecule is Cn1cc2ccc(C3CCC(O)([C@H](O)C[C@@H]4c5c(F)cccc5-c5cncn54)CC3)cc2n1. The van der Waals surface area contributed by atoms with E-state index in [4.69, 9.17) is 0 Å². The van der Waals surface area contributed by atoms with Crippen LogP contribution in [0.2, 0.25) is 0 Å². The lowest BCUT2D eigenvalue weighted by Crippen LogP contribution is -2.46. The van der Waals surface area contributed by atoms with Crippen molar-refractivity contribution in [2.75, 3.05) is 0 Å². The van der Waals surface area contributed by atoms with E-state index < -0.39 is 11.7 Å². The average Bonchev–Trinajstić information content (AvgIpc) is 3.49. The van der Waals surface area contributed by atoms with Gasteiger partial charge in [0.25, 0.3) is 0 Å². The molecule has 2 aliphatic rings. The highest BCUT2D eigenvalue weighted by molar-refractivity contribution is 5.78. The van der Waals surface area contributed by atoms with Crippen LogP contribution in [-0.2, 0) is 7.05 Å². The van der Waals surface area contributed by atoms with E-state index in [2.05, 4.69) is 28.3 Å².